The highest BCUT2D eigenvalue weighted by Crippen LogP contribution is 2.16. The first-order valence-electron chi connectivity index (χ1n) is 9.14. The van der Waals surface area contributed by atoms with Gasteiger partial charge in [0.15, 0.2) is 0 Å². The predicted octanol–water partition coefficient (Wildman–Crippen LogP) is 0.927. The smallest absolute Gasteiger partial charge is 0.254 e. The van der Waals surface area contributed by atoms with Gasteiger partial charge in [-0.15, -0.1) is 0 Å². The highest BCUT2D eigenvalue weighted by atomic mass is 16.2. The number of primary amides is 1. The molecule has 136 valence electrons. The van der Waals surface area contributed by atoms with Crippen molar-refractivity contribution in [3.05, 3.63) is 23.9 Å². The summed E-state index contributed by atoms with van der Waals surface area (Å²) in [6.45, 7) is 4.97. The Morgan fingerprint density at radius 2 is 2.04 bits per heavy atom. The minimum Gasteiger partial charge on any atom is -0.369 e. The van der Waals surface area contributed by atoms with Crippen molar-refractivity contribution in [3.8, 4) is 0 Å². The molecule has 2 saturated heterocycles. The van der Waals surface area contributed by atoms with Gasteiger partial charge in [0.25, 0.3) is 5.91 Å². The van der Waals surface area contributed by atoms with Crippen LogP contribution in [0.1, 0.15) is 36.0 Å². The third-order valence-electron chi connectivity index (χ3n) is 5.04. The molecule has 0 saturated carbocycles. The number of likely N-dealkylation sites (tertiary alicyclic amines) is 2. The molecule has 3 N–H and O–H groups in total. The van der Waals surface area contributed by atoms with Crippen molar-refractivity contribution < 1.29 is 9.59 Å². The molecule has 2 aliphatic rings. The zero-order valence-corrected chi connectivity index (χ0v) is 14.6. The summed E-state index contributed by atoms with van der Waals surface area (Å²) in [5.74, 6) is 0.567. The number of hydrogen-bond acceptors (Lipinski definition) is 5. The van der Waals surface area contributed by atoms with Gasteiger partial charge < -0.3 is 20.9 Å². The highest BCUT2D eigenvalue weighted by Gasteiger charge is 2.23. The fourth-order valence-electron chi connectivity index (χ4n) is 3.60. The Hall–Kier alpha value is -2.15. The topological polar surface area (TPSA) is 91.6 Å². The van der Waals surface area contributed by atoms with Crippen LogP contribution in [-0.4, -0.2) is 65.9 Å². The fraction of sp³-hybridized carbons (Fsp3) is 0.611. The molecule has 0 aliphatic carbocycles. The largest absolute Gasteiger partial charge is 0.369 e. The number of pyridine rings is 1. The first-order valence-corrected chi connectivity index (χ1v) is 9.14. The molecule has 7 heteroatoms. The van der Waals surface area contributed by atoms with Crippen LogP contribution in [0, 0.1) is 5.92 Å². The lowest BCUT2D eigenvalue weighted by atomic mass is 9.97. The molecule has 7 nitrogen and oxygen atoms in total. The molecule has 0 aromatic carbocycles. The molecule has 3 rings (SSSR count). The van der Waals surface area contributed by atoms with E-state index < -0.39 is 0 Å². The molecule has 3 heterocycles. The number of nitrogens with zero attached hydrogens (tertiary/aromatic N) is 3. The Balaban J connectivity index is 1.49. The first-order chi connectivity index (χ1) is 12.1. The lowest BCUT2D eigenvalue weighted by molar-refractivity contribution is -0.123. The number of carbonyl (C=O) groups excluding carboxylic acids is 2. The molecule has 1 atom stereocenters. The van der Waals surface area contributed by atoms with E-state index in [1.54, 1.807) is 12.3 Å². The van der Waals surface area contributed by atoms with E-state index in [4.69, 9.17) is 5.73 Å². The van der Waals surface area contributed by atoms with Crippen LogP contribution in [0.25, 0.3) is 0 Å². The molecular formula is C18H27N5O2. The number of nitrogens with two attached hydrogens (primary N) is 1. The van der Waals surface area contributed by atoms with Crippen LogP contribution in [0.15, 0.2) is 18.3 Å². The van der Waals surface area contributed by atoms with Gasteiger partial charge in [-0.2, -0.15) is 0 Å². The van der Waals surface area contributed by atoms with E-state index in [-0.39, 0.29) is 17.7 Å². The number of amides is 2. The Morgan fingerprint density at radius 3 is 2.80 bits per heavy atom. The van der Waals surface area contributed by atoms with E-state index in [0.29, 0.717) is 11.4 Å². The first kappa shape index (κ1) is 17.7. The summed E-state index contributed by atoms with van der Waals surface area (Å²) in [6.07, 6.45) is 5.75. The van der Waals surface area contributed by atoms with Crippen LogP contribution in [0.2, 0.25) is 0 Å². The molecule has 0 spiro atoms. The van der Waals surface area contributed by atoms with Crippen molar-refractivity contribution in [1.29, 1.82) is 0 Å². The summed E-state index contributed by atoms with van der Waals surface area (Å²) in [5.41, 5.74) is 6.10. The number of carbonyl (C=O) groups is 2. The molecule has 2 aliphatic heterocycles. The van der Waals surface area contributed by atoms with Gasteiger partial charge in [0.1, 0.15) is 5.82 Å². The molecule has 0 bridgehead atoms. The summed E-state index contributed by atoms with van der Waals surface area (Å²) in [5, 5.41) is 3.28. The van der Waals surface area contributed by atoms with Crippen LogP contribution >= 0.6 is 0 Å². The summed E-state index contributed by atoms with van der Waals surface area (Å²) in [6, 6.07) is 3.59. The van der Waals surface area contributed by atoms with Gasteiger partial charge in [-0.25, -0.2) is 4.98 Å². The van der Waals surface area contributed by atoms with E-state index >= 15 is 0 Å². The van der Waals surface area contributed by atoms with Crippen molar-refractivity contribution in [2.24, 2.45) is 11.7 Å². The van der Waals surface area contributed by atoms with Gasteiger partial charge in [0, 0.05) is 44.5 Å². The maximum atomic E-state index is 12.4. The fourth-order valence-corrected chi connectivity index (χ4v) is 3.60. The zero-order valence-electron chi connectivity index (χ0n) is 14.6. The third-order valence-corrected chi connectivity index (χ3v) is 5.04. The lowest BCUT2D eigenvalue weighted by Crippen LogP contribution is -2.42. The molecule has 1 aromatic rings. The second-order valence-corrected chi connectivity index (χ2v) is 6.90. The van der Waals surface area contributed by atoms with Gasteiger partial charge in [-0.3, -0.25) is 9.59 Å². The van der Waals surface area contributed by atoms with Gasteiger partial charge in [-0.1, -0.05) is 0 Å². The zero-order chi connectivity index (χ0) is 17.6. The number of piperidine rings is 1. The lowest BCUT2D eigenvalue weighted by Gasteiger charge is -2.31. The Morgan fingerprint density at radius 1 is 1.24 bits per heavy atom. The van der Waals surface area contributed by atoms with Crippen LogP contribution in [0.3, 0.4) is 0 Å². The maximum Gasteiger partial charge on any atom is 0.254 e. The second-order valence-electron chi connectivity index (χ2n) is 6.90. The Kier molecular flexibility index (Phi) is 5.86. The maximum absolute atomic E-state index is 12.4. The number of hydrogen-bond donors (Lipinski definition) is 2. The molecule has 25 heavy (non-hydrogen) atoms. The van der Waals surface area contributed by atoms with E-state index in [9.17, 15) is 9.59 Å². The van der Waals surface area contributed by atoms with Gasteiger partial charge in [-0.05, 0) is 44.4 Å². The van der Waals surface area contributed by atoms with Crippen LogP contribution in [0.4, 0.5) is 5.82 Å². The minimum atomic E-state index is -0.201. The van der Waals surface area contributed by atoms with Crippen LogP contribution in [-0.2, 0) is 4.79 Å². The number of aromatic nitrogens is 1. The van der Waals surface area contributed by atoms with E-state index in [1.165, 1.54) is 0 Å². The Bertz CT molecular complexity index is 615. The van der Waals surface area contributed by atoms with Crippen molar-refractivity contribution in [2.45, 2.75) is 25.7 Å². The van der Waals surface area contributed by atoms with Crippen molar-refractivity contribution in [1.82, 2.24) is 14.8 Å². The molecule has 0 radical (unpaired) electrons. The van der Waals surface area contributed by atoms with E-state index in [1.807, 2.05) is 11.0 Å². The van der Waals surface area contributed by atoms with Crippen molar-refractivity contribution in [2.75, 3.05) is 44.6 Å². The number of rotatable bonds is 6. The minimum absolute atomic E-state index is 0.0340. The molecule has 1 aromatic heterocycles. The van der Waals surface area contributed by atoms with Crippen molar-refractivity contribution in [3.63, 3.8) is 0 Å². The summed E-state index contributed by atoms with van der Waals surface area (Å²) in [4.78, 5) is 32.2. The average Bonchev–Trinajstić information content (AvgIpc) is 3.16. The monoisotopic (exact) mass is 345 g/mol. The number of anilines is 1. The highest BCUT2D eigenvalue weighted by molar-refractivity contribution is 5.95. The molecule has 2 fully saturated rings. The quantitative estimate of drug-likeness (QED) is 0.800. The second kappa shape index (κ2) is 8.29. The summed E-state index contributed by atoms with van der Waals surface area (Å²) in [7, 11) is 0. The van der Waals surface area contributed by atoms with Crippen molar-refractivity contribution >= 4 is 17.6 Å². The van der Waals surface area contributed by atoms with Gasteiger partial charge >= 0.3 is 0 Å². The third kappa shape index (κ3) is 4.69. The molecule has 1 unspecified atom stereocenters. The number of nitrogens with one attached hydrogen (secondary N) is 1. The average molecular weight is 345 g/mol. The normalized spacial score (nSPS) is 21.3. The van der Waals surface area contributed by atoms with Crippen LogP contribution < -0.4 is 11.1 Å². The Labute approximate surface area is 148 Å². The summed E-state index contributed by atoms with van der Waals surface area (Å²) >= 11 is 0. The molecule has 2 amide bonds. The van der Waals surface area contributed by atoms with Gasteiger partial charge in [0.05, 0.1) is 5.92 Å². The van der Waals surface area contributed by atoms with E-state index in [0.717, 1.165) is 65.0 Å². The predicted molar refractivity (Wildman–Crippen MR) is 96.2 cm³/mol. The standard InChI is InChI=1S/C18H27N5O2/c19-17(24)15-4-3-8-22(13-15)11-7-21-16-12-14(5-6-20-16)18(25)23-9-1-2-10-23/h5-6,12,15H,1-4,7-11,13H2,(H2,19,24)(H,20,21). The SMILES string of the molecule is NC(=O)C1CCCN(CCNc2cc(C(=O)N3CCCC3)ccn2)C1. The summed E-state index contributed by atoms with van der Waals surface area (Å²) < 4.78 is 0. The van der Waals surface area contributed by atoms with Crippen LogP contribution in [0.5, 0.6) is 0 Å². The van der Waals surface area contributed by atoms with Gasteiger partial charge in [0.2, 0.25) is 5.91 Å². The van der Waals surface area contributed by atoms with E-state index in [2.05, 4.69) is 15.2 Å². The molecular weight excluding hydrogens is 318 g/mol.